The number of carboxylic acid groups (broad SMARTS) is 2. The molecule has 0 heterocycles. The molecule has 0 saturated heterocycles. The van der Waals surface area contributed by atoms with E-state index >= 15 is 0 Å². The van der Waals surface area contributed by atoms with Gasteiger partial charge in [0, 0.05) is 19.5 Å². The lowest BCUT2D eigenvalue weighted by molar-refractivity contribution is -0.137. The minimum absolute atomic E-state index is 0.112. The fourth-order valence-electron chi connectivity index (χ4n) is 5.52. The molecule has 0 unspecified atom stereocenters. The minimum Gasteiger partial charge on any atom is -0.489 e. The molecular formula is C34H41NO5. The molecule has 0 bridgehead atoms. The van der Waals surface area contributed by atoms with Gasteiger partial charge in [-0.3, -0.25) is 4.79 Å². The first kappa shape index (κ1) is 29.2. The average molecular weight is 544 g/mol. The van der Waals surface area contributed by atoms with E-state index in [4.69, 9.17) is 9.84 Å². The predicted molar refractivity (Wildman–Crippen MR) is 159 cm³/mol. The number of aryl methyl sites for hydroxylation is 1. The van der Waals surface area contributed by atoms with Crippen molar-refractivity contribution in [3.8, 4) is 5.75 Å². The summed E-state index contributed by atoms with van der Waals surface area (Å²) in [6.45, 7) is 6.07. The topological polar surface area (TPSA) is 87.1 Å². The molecule has 0 atom stereocenters. The van der Waals surface area contributed by atoms with E-state index in [1.54, 1.807) is 6.07 Å². The molecule has 6 heteroatoms. The summed E-state index contributed by atoms with van der Waals surface area (Å²) >= 11 is 0. The van der Waals surface area contributed by atoms with Gasteiger partial charge in [-0.25, -0.2) is 4.79 Å². The summed E-state index contributed by atoms with van der Waals surface area (Å²) < 4.78 is 6.26. The van der Waals surface area contributed by atoms with Crippen LogP contribution in [0.15, 0.2) is 60.7 Å². The van der Waals surface area contributed by atoms with Crippen LogP contribution >= 0.6 is 0 Å². The lowest BCUT2D eigenvalue weighted by Crippen LogP contribution is -2.31. The zero-order valence-corrected chi connectivity index (χ0v) is 23.7. The molecule has 3 aromatic rings. The van der Waals surface area contributed by atoms with Gasteiger partial charge in [-0.1, -0.05) is 62.4 Å². The molecule has 3 aromatic carbocycles. The molecule has 212 valence electrons. The Morgan fingerprint density at radius 2 is 1.65 bits per heavy atom. The number of aliphatic carboxylic acids is 1. The third-order valence-corrected chi connectivity index (χ3v) is 7.78. The number of anilines is 1. The fraction of sp³-hybridized carbons (Fsp3) is 0.412. The highest BCUT2D eigenvalue weighted by Crippen LogP contribution is 2.35. The first-order valence-corrected chi connectivity index (χ1v) is 14.5. The van der Waals surface area contributed by atoms with Gasteiger partial charge in [0.2, 0.25) is 0 Å². The number of carboxylic acids is 2. The van der Waals surface area contributed by atoms with Crippen LogP contribution < -0.4 is 9.64 Å². The van der Waals surface area contributed by atoms with Gasteiger partial charge < -0.3 is 19.8 Å². The Bertz CT molecular complexity index is 1300. The Labute approximate surface area is 237 Å². The van der Waals surface area contributed by atoms with Gasteiger partial charge in [-0.15, -0.1) is 0 Å². The lowest BCUT2D eigenvalue weighted by Gasteiger charge is -2.31. The van der Waals surface area contributed by atoms with Crippen LogP contribution in [-0.4, -0.2) is 35.2 Å². The van der Waals surface area contributed by atoms with E-state index in [1.807, 2.05) is 24.3 Å². The van der Waals surface area contributed by atoms with Crippen LogP contribution in [-0.2, 0) is 30.7 Å². The van der Waals surface area contributed by atoms with E-state index < -0.39 is 11.9 Å². The van der Waals surface area contributed by atoms with Crippen molar-refractivity contribution in [1.82, 2.24) is 0 Å². The molecule has 2 N–H and O–H groups in total. The molecule has 0 fully saturated rings. The summed E-state index contributed by atoms with van der Waals surface area (Å²) in [6.07, 6.45) is 6.02. The zero-order valence-electron chi connectivity index (χ0n) is 23.7. The van der Waals surface area contributed by atoms with E-state index in [0.29, 0.717) is 50.4 Å². The van der Waals surface area contributed by atoms with Gasteiger partial charge in [-0.05, 0) is 90.8 Å². The Morgan fingerprint density at radius 1 is 0.900 bits per heavy atom. The number of para-hydroxylation sites is 1. The van der Waals surface area contributed by atoms with Crippen molar-refractivity contribution in [3.63, 3.8) is 0 Å². The van der Waals surface area contributed by atoms with E-state index in [2.05, 4.69) is 49.1 Å². The Balaban J connectivity index is 1.54. The maximum atomic E-state index is 12.3. The van der Waals surface area contributed by atoms with E-state index in [1.165, 1.54) is 11.1 Å². The third kappa shape index (κ3) is 7.65. The molecule has 6 nitrogen and oxygen atoms in total. The fourth-order valence-corrected chi connectivity index (χ4v) is 5.52. The van der Waals surface area contributed by atoms with Crippen molar-refractivity contribution < 1.29 is 24.5 Å². The second kappa shape index (κ2) is 14.0. The molecule has 4 rings (SSSR count). The number of hydrogen-bond acceptors (Lipinski definition) is 4. The number of ether oxygens (including phenoxy) is 1. The molecule has 0 aromatic heterocycles. The van der Waals surface area contributed by atoms with Crippen molar-refractivity contribution in [2.24, 2.45) is 0 Å². The van der Waals surface area contributed by atoms with Gasteiger partial charge >= 0.3 is 11.9 Å². The quantitative estimate of drug-likeness (QED) is 0.208. The monoisotopic (exact) mass is 543 g/mol. The molecule has 0 amide bonds. The zero-order chi connectivity index (χ0) is 28.5. The summed E-state index contributed by atoms with van der Waals surface area (Å²) in [5.74, 6) is -0.416. The van der Waals surface area contributed by atoms with Crippen LogP contribution in [0.1, 0.15) is 90.0 Å². The Morgan fingerprint density at radius 3 is 2.38 bits per heavy atom. The Kier molecular flexibility index (Phi) is 10.2. The number of aromatic carboxylic acids is 1. The standard InChI is InChI=1S/C34H41NO5/c1-24(2)26-16-14-25(15-17-26)23-40-31-12-6-4-10-28(31)20-22-35(21-8-7-13-32(36)37)33-29-11-5-3-9-27(29)18-19-30(33)34(38)39/h4,6,10,12,14-19,24H,3,5,7-9,11,13,20-23H2,1-2H3,(H,36,37)(H,38,39). The highest BCUT2D eigenvalue weighted by molar-refractivity contribution is 5.96. The number of hydrogen-bond donors (Lipinski definition) is 2. The highest BCUT2D eigenvalue weighted by Gasteiger charge is 2.24. The molecule has 0 spiro atoms. The number of nitrogens with zero attached hydrogens (tertiary/aromatic N) is 1. The summed E-state index contributed by atoms with van der Waals surface area (Å²) in [4.78, 5) is 25.6. The second-order valence-corrected chi connectivity index (χ2v) is 11.0. The number of fused-ring (bicyclic) bond motifs is 1. The van der Waals surface area contributed by atoms with Crippen molar-refractivity contribution in [2.45, 2.75) is 77.7 Å². The lowest BCUT2D eigenvalue weighted by atomic mass is 9.87. The van der Waals surface area contributed by atoms with Crippen LogP contribution in [0.4, 0.5) is 5.69 Å². The van der Waals surface area contributed by atoms with Crippen LogP contribution in [0.5, 0.6) is 5.75 Å². The molecule has 0 aliphatic heterocycles. The summed E-state index contributed by atoms with van der Waals surface area (Å²) in [6, 6.07) is 20.3. The first-order chi connectivity index (χ1) is 19.3. The summed E-state index contributed by atoms with van der Waals surface area (Å²) in [7, 11) is 0. The summed E-state index contributed by atoms with van der Waals surface area (Å²) in [5, 5.41) is 19.2. The second-order valence-electron chi connectivity index (χ2n) is 11.0. The summed E-state index contributed by atoms with van der Waals surface area (Å²) in [5.41, 5.74) is 6.99. The molecule has 0 saturated carbocycles. The maximum absolute atomic E-state index is 12.3. The van der Waals surface area contributed by atoms with Crippen LogP contribution in [0.3, 0.4) is 0 Å². The van der Waals surface area contributed by atoms with Gasteiger partial charge in [0.15, 0.2) is 0 Å². The molecule has 0 radical (unpaired) electrons. The highest BCUT2D eigenvalue weighted by atomic mass is 16.5. The number of carbonyl (C=O) groups is 2. The minimum atomic E-state index is -0.925. The van der Waals surface area contributed by atoms with Crippen LogP contribution in [0.25, 0.3) is 0 Å². The van der Waals surface area contributed by atoms with E-state index in [9.17, 15) is 14.7 Å². The normalized spacial score (nSPS) is 12.7. The van der Waals surface area contributed by atoms with E-state index in [0.717, 1.165) is 53.8 Å². The van der Waals surface area contributed by atoms with Gasteiger partial charge in [0.1, 0.15) is 12.4 Å². The predicted octanol–water partition coefficient (Wildman–Crippen LogP) is 7.27. The van der Waals surface area contributed by atoms with Gasteiger partial charge in [-0.2, -0.15) is 0 Å². The molecule has 40 heavy (non-hydrogen) atoms. The molecular weight excluding hydrogens is 502 g/mol. The number of unbranched alkanes of at least 4 members (excludes halogenated alkanes) is 1. The van der Waals surface area contributed by atoms with Gasteiger partial charge in [0.05, 0.1) is 11.3 Å². The smallest absolute Gasteiger partial charge is 0.337 e. The van der Waals surface area contributed by atoms with Crippen molar-refractivity contribution in [2.75, 3.05) is 18.0 Å². The van der Waals surface area contributed by atoms with E-state index in [-0.39, 0.29) is 6.42 Å². The van der Waals surface area contributed by atoms with Crippen molar-refractivity contribution in [1.29, 1.82) is 0 Å². The number of benzene rings is 3. The van der Waals surface area contributed by atoms with Crippen molar-refractivity contribution >= 4 is 17.6 Å². The molecule has 1 aliphatic carbocycles. The third-order valence-electron chi connectivity index (χ3n) is 7.78. The van der Waals surface area contributed by atoms with Crippen molar-refractivity contribution in [3.05, 3.63) is 94.0 Å². The maximum Gasteiger partial charge on any atom is 0.337 e. The number of rotatable bonds is 14. The first-order valence-electron chi connectivity index (χ1n) is 14.5. The van der Waals surface area contributed by atoms with Gasteiger partial charge in [0.25, 0.3) is 0 Å². The Hall–Kier alpha value is -3.80. The van der Waals surface area contributed by atoms with Crippen LogP contribution in [0, 0.1) is 0 Å². The van der Waals surface area contributed by atoms with Crippen LogP contribution in [0.2, 0.25) is 0 Å². The molecule has 1 aliphatic rings. The average Bonchev–Trinajstić information content (AvgIpc) is 2.95. The largest absolute Gasteiger partial charge is 0.489 e. The SMILES string of the molecule is CC(C)c1ccc(COc2ccccc2CCN(CCCCC(=O)O)c2c(C(=O)O)ccc3c2CCCC3)cc1.